The molecule has 4 aromatic rings. The second-order valence-electron chi connectivity index (χ2n) is 9.71. The minimum atomic E-state index is -0.834. The van der Waals surface area contributed by atoms with Crippen LogP contribution in [0.15, 0.2) is 81.0 Å². The van der Waals surface area contributed by atoms with E-state index in [9.17, 15) is 19.2 Å². The van der Waals surface area contributed by atoms with Crippen LogP contribution in [0.5, 0.6) is 0 Å². The maximum absolute atomic E-state index is 14.0. The van der Waals surface area contributed by atoms with Crippen LogP contribution < -0.4 is 15.1 Å². The summed E-state index contributed by atoms with van der Waals surface area (Å²) in [7, 11) is 0. The van der Waals surface area contributed by atoms with Crippen LogP contribution >= 0.6 is 62.2 Å². The number of hydrogen-bond acceptors (Lipinski definition) is 6. The molecule has 3 unspecified atom stereocenters. The summed E-state index contributed by atoms with van der Waals surface area (Å²) in [5, 5.41) is 3.01. The summed E-state index contributed by atoms with van der Waals surface area (Å²) in [6.45, 7) is 1.69. The Morgan fingerprint density at radius 3 is 2.39 bits per heavy atom. The average Bonchev–Trinajstić information content (AvgIpc) is 3.38. The normalized spacial score (nSPS) is 19.7. The number of carbonyl (C=O) groups is 3. The molecular formula is C29H20BrCl2N3O4S2. The first-order valence-electron chi connectivity index (χ1n) is 12.5. The van der Waals surface area contributed by atoms with Gasteiger partial charge in [-0.05, 0) is 55.0 Å². The van der Waals surface area contributed by atoms with E-state index in [0.29, 0.717) is 31.9 Å². The molecule has 2 aliphatic rings. The van der Waals surface area contributed by atoms with Gasteiger partial charge in [0.1, 0.15) is 11.8 Å². The highest BCUT2D eigenvalue weighted by atomic mass is 79.9. The van der Waals surface area contributed by atoms with E-state index in [4.69, 9.17) is 23.2 Å². The van der Waals surface area contributed by atoms with E-state index >= 15 is 0 Å². The van der Waals surface area contributed by atoms with Crippen LogP contribution in [0.3, 0.4) is 0 Å². The second-order valence-corrected chi connectivity index (χ2v) is 13.5. The van der Waals surface area contributed by atoms with Crippen molar-refractivity contribution < 1.29 is 14.4 Å². The zero-order valence-electron chi connectivity index (χ0n) is 21.3. The van der Waals surface area contributed by atoms with Gasteiger partial charge in [0.15, 0.2) is 0 Å². The Hall–Kier alpha value is -2.89. The van der Waals surface area contributed by atoms with E-state index in [-0.39, 0.29) is 28.3 Å². The number of thiazole rings is 1. The van der Waals surface area contributed by atoms with Crippen molar-refractivity contribution in [2.45, 2.75) is 29.7 Å². The molecule has 0 radical (unpaired) electrons. The van der Waals surface area contributed by atoms with Gasteiger partial charge in [-0.3, -0.25) is 23.7 Å². The summed E-state index contributed by atoms with van der Waals surface area (Å²) < 4.78 is 2.18. The van der Waals surface area contributed by atoms with Gasteiger partial charge in [-0.15, -0.1) is 0 Å². The number of anilines is 2. The fourth-order valence-corrected chi connectivity index (χ4v) is 8.63. The van der Waals surface area contributed by atoms with Gasteiger partial charge in [0.05, 0.1) is 26.7 Å². The second kappa shape index (κ2) is 11.1. The number of carbonyl (C=O) groups excluding carboxylic acids is 3. The zero-order chi connectivity index (χ0) is 29.0. The highest BCUT2D eigenvalue weighted by molar-refractivity contribution is 9.10. The van der Waals surface area contributed by atoms with Gasteiger partial charge in [0.2, 0.25) is 17.7 Å². The molecule has 3 atom stereocenters. The van der Waals surface area contributed by atoms with Crippen molar-refractivity contribution in [2.24, 2.45) is 5.92 Å². The minimum absolute atomic E-state index is 0.252. The predicted molar refractivity (Wildman–Crippen MR) is 166 cm³/mol. The molecule has 0 bridgehead atoms. The quantitative estimate of drug-likeness (QED) is 0.235. The van der Waals surface area contributed by atoms with Crippen LogP contribution in [0.25, 0.3) is 0 Å². The summed E-state index contributed by atoms with van der Waals surface area (Å²) >= 11 is 18.5. The third kappa shape index (κ3) is 5.06. The van der Waals surface area contributed by atoms with Crippen LogP contribution in [0.2, 0.25) is 10.0 Å². The summed E-state index contributed by atoms with van der Waals surface area (Å²) in [5.74, 6) is -2.70. The van der Waals surface area contributed by atoms with Crippen LogP contribution in [0.4, 0.5) is 11.4 Å². The number of hydrogen-bond donors (Lipinski definition) is 1. The molecule has 3 amide bonds. The van der Waals surface area contributed by atoms with Gasteiger partial charge in [-0.1, -0.05) is 92.1 Å². The number of imide groups is 1. The van der Waals surface area contributed by atoms with E-state index in [1.165, 1.54) is 9.47 Å². The number of benzene rings is 3. The molecule has 2 aliphatic heterocycles. The lowest BCUT2D eigenvalue weighted by Crippen LogP contribution is -2.33. The largest absolute Gasteiger partial charge is 0.325 e. The van der Waals surface area contributed by atoms with Gasteiger partial charge in [-0.2, -0.15) is 0 Å². The number of nitrogens with zero attached hydrogens (tertiary/aromatic N) is 2. The number of aryl methyl sites for hydroxylation is 1. The lowest BCUT2D eigenvalue weighted by Gasteiger charge is -2.31. The Morgan fingerprint density at radius 1 is 0.976 bits per heavy atom. The van der Waals surface area contributed by atoms with Crippen molar-refractivity contribution in [3.63, 3.8) is 0 Å². The monoisotopic (exact) mass is 687 g/mol. The lowest BCUT2D eigenvalue weighted by atomic mass is 9.83. The smallest absolute Gasteiger partial charge is 0.308 e. The van der Waals surface area contributed by atoms with Gasteiger partial charge in [0, 0.05) is 21.0 Å². The number of fused-ring (bicyclic) bond motifs is 2. The van der Waals surface area contributed by atoms with Gasteiger partial charge >= 0.3 is 4.87 Å². The van der Waals surface area contributed by atoms with Crippen LogP contribution in [0, 0.1) is 12.8 Å². The Bertz CT molecular complexity index is 1770. The van der Waals surface area contributed by atoms with E-state index in [1.807, 2.05) is 19.1 Å². The molecule has 3 aromatic carbocycles. The summed E-state index contributed by atoms with van der Waals surface area (Å²) in [6.07, 6.45) is 0. The fraction of sp³-hybridized carbons (Fsp3) is 0.172. The number of aromatic nitrogens is 1. The molecule has 1 saturated heterocycles. The van der Waals surface area contributed by atoms with Crippen molar-refractivity contribution in [1.82, 2.24) is 4.57 Å². The first-order valence-corrected chi connectivity index (χ1v) is 15.7. The first kappa shape index (κ1) is 28.2. The van der Waals surface area contributed by atoms with Crippen LogP contribution in [0.1, 0.15) is 21.9 Å². The molecular weight excluding hydrogens is 669 g/mol. The number of rotatable bonds is 5. The molecule has 0 aliphatic carbocycles. The lowest BCUT2D eigenvalue weighted by molar-refractivity contribution is -0.122. The first-order chi connectivity index (χ1) is 19.6. The SMILES string of the molecule is Cc1ccc(NC(=O)Cn2c3c(sc2=O)C(c2cccc(Cl)c2Cl)C2C(=O)N(c4ccc(Br)cc4)C(=O)C2S3)cc1. The van der Waals surface area contributed by atoms with Crippen molar-refractivity contribution in [3.05, 3.63) is 107 Å². The van der Waals surface area contributed by atoms with Crippen LogP contribution in [-0.4, -0.2) is 27.5 Å². The van der Waals surface area contributed by atoms with Gasteiger partial charge < -0.3 is 5.32 Å². The molecule has 0 spiro atoms. The van der Waals surface area contributed by atoms with E-state index in [2.05, 4.69) is 21.2 Å². The molecule has 1 N–H and O–H groups in total. The predicted octanol–water partition coefficient (Wildman–Crippen LogP) is 6.72. The molecule has 7 nitrogen and oxygen atoms in total. The molecule has 6 rings (SSSR count). The van der Waals surface area contributed by atoms with Gasteiger partial charge in [0.25, 0.3) is 0 Å². The third-order valence-electron chi connectivity index (χ3n) is 7.09. The summed E-state index contributed by atoms with van der Waals surface area (Å²) in [5.41, 5.74) is 2.66. The molecule has 1 fully saturated rings. The Morgan fingerprint density at radius 2 is 1.68 bits per heavy atom. The van der Waals surface area contributed by atoms with Crippen LogP contribution in [-0.2, 0) is 20.9 Å². The molecule has 208 valence electrons. The number of thioether (sulfide) groups is 1. The van der Waals surface area contributed by atoms with Gasteiger partial charge in [-0.25, -0.2) is 4.90 Å². The van der Waals surface area contributed by atoms with E-state index < -0.39 is 23.0 Å². The Balaban J connectivity index is 1.43. The van der Waals surface area contributed by atoms with Crippen molar-refractivity contribution in [1.29, 1.82) is 0 Å². The molecule has 12 heteroatoms. The summed E-state index contributed by atoms with van der Waals surface area (Å²) in [4.78, 5) is 55.5. The standard InChI is InChI=1S/C29H20BrCl2N3O4S2/c1-14-5-9-16(10-6-14)33-20(36)13-34-28-25(41-29(34)39)21(18-3-2-4-19(31)23(18)32)22-24(40-28)27(38)35(26(22)37)17-11-7-15(30)8-12-17/h2-12,21-22,24H,13H2,1H3,(H,33,36). The topological polar surface area (TPSA) is 88.5 Å². The number of halogens is 3. The van der Waals surface area contributed by atoms with Crippen molar-refractivity contribution >= 4 is 91.3 Å². The maximum atomic E-state index is 14.0. The molecule has 41 heavy (non-hydrogen) atoms. The zero-order valence-corrected chi connectivity index (χ0v) is 26.0. The maximum Gasteiger partial charge on any atom is 0.308 e. The highest BCUT2D eigenvalue weighted by Crippen LogP contribution is 2.55. The fourth-order valence-electron chi connectivity index (χ4n) is 5.18. The Labute approximate surface area is 261 Å². The molecule has 3 heterocycles. The minimum Gasteiger partial charge on any atom is -0.325 e. The summed E-state index contributed by atoms with van der Waals surface area (Å²) in [6, 6.07) is 19.4. The third-order valence-corrected chi connectivity index (χ3v) is 11.1. The number of amides is 3. The van der Waals surface area contributed by atoms with Crippen molar-refractivity contribution in [3.8, 4) is 0 Å². The molecule has 0 saturated carbocycles. The average molecular weight is 689 g/mol. The highest BCUT2D eigenvalue weighted by Gasteiger charge is 2.57. The van der Waals surface area contributed by atoms with E-state index in [0.717, 1.165) is 33.1 Å². The Kier molecular flexibility index (Phi) is 7.63. The molecule has 1 aromatic heterocycles. The van der Waals surface area contributed by atoms with Crippen molar-refractivity contribution in [2.75, 3.05) is 10.2 Å². The van der Waals surface area contributed by atoms with E-state index in [1.54, 1.807) is 54.6 Å². The number of nitrogens with one attached hydrogen (secondary N) is 1.